The van der Waals surface area contributed by atoms with Crippen molar-refractivity contribution in [1.29, 1.82) is 0 Å². The maximum atomic E-state index is 11.4. The van der Waals surface area contributed by atoms with Crippen LogP contribution in [0.25, 0.3) is 0 Å². The average molecular weight is 240 g/mol. The number of nitrogens with one attached hydrogen (secondary N) is 2. The van der Waals surface area contributed by atoms with Crippen molar-refractivity contribution in [3.05, 3.63) is 24.2 Å². The number of furan rings is 1. The van der Waals surface area contributed by atoms with Crippen LogP contribution in [0.5, 0.6) is 0 Å². The van der Waals surface area contributed by atoms with Crippen molar-refractivity contribution >= 4 is 23.2 Å². The fourth-order valence-electron chi connectivity index (χ4n) is 1.17. The Kier molecular flexibility index (Phi) is 4.98. The summed E-state index contributed by atoms with van der Waals surface area (Å²) < 4.78 is 5.12. The highest BCUT2D eigenvalue weighted by Crippen LogP contribution is 1.99. The minimum Gasteiger partial charge on any atom is -0.467 e. The topological polar surface area (TPSA) is 54.3 Å². The van der Waals surface area contributed by atoms with Gasteiger partial charge in [-0.1, -0.05) is 13.8 Å². The van der Waals surface area contributed by atoms with Crippen LogP contribution in [0.1, 0.15) is 26.0 Å². The maximum absolute atomic E-state index is 11.4. The van der Waals surface area contributed by atoms with Crippen molar-refractivity contribution in [2.45, 2.75) is 26.8 Å². The zero-order valence-electron chi connectivity index (χ0n) is 9.45. The molecule has 0 fully saturated rings. The highest BCUT2D eigenvalue weighted by molar-refractivity contribution is 7.80. The fourth-order valence-corrected chi connectivity index (χ4v) is 1.36. The molecule has 5 heteroatoms. The molecule has 0 saturated heterocycles. The average Bonchev–Trinajstić information content (AvgIpc) is 2.65. The molecule has 2 N–H and O–H groups in total. The van der Waals surface area contributed by atoms with Gasteiger partial charge in [0, 0.05) is 6.42 Å². The molecule has 1 rings (SSSR count). The van der Waals surface area contributed by atoms with Crippen molar-refractivity contribution in [2.75, 3.05) is 0 Å². The molecule has 0 radical (unpaired) electrons. The highest BCUT2D eigenvalue weighted by Gasteiger charge is 2.06. The first kappa shape index (κ1) is 12.7. The molecule has 16 heavy (non-hydrogen) atoms. The second-order valence-electron chi connectivity index (χ2n) is 3.91. The molecule has 88 valence electrons. The largest absolute Gasteiger partial charge is 0.467 e. The molecule has 0 bridgehead atoms. The predicted octanol–water partition coefficient (Wildman–Crippen LogP) is 1.82. The molecule has 0 saturated carbocycles. The summed E-state index contributed by atoms with van der Waals surface area (Å²) >= 11 is 4.97. The summed E-state index contributed by atoms with van der Waals surface area (Å²) in [5.74, 6) is 1.04. The monoisotopic (exact) mass is 240 g/mol. The van der Waals surface area contributed by atoms with Gasteiger partial charge in [0.2, 0.25) is 5.91 Å². The quantitative estimate of drug-likeness (QED) is 0.788. The Bertz CT molecular complexity index is 347. The number of rotatable bonds is 4. The van der Waals surface area contributed by atoms with Crippen LogP contribution in [0, 0.1) is 5.92 Å². The molecule has 1 aromatic heterocycles. The van der Waals surface area contributed by atoms with Gasteiger partial charge >= 0.3 is 0 Å². The highest BCUT2D eigenvalue weighted by atomic mass is 32.1. The third-order valence-electron chi connectivity index (χ3n) is 1.85. The first-order valence-corrected chi connectivity index (χ1v) is 5.59. The SMILES string of the molecule is CC(C)CC(=O)NC(=S)NCc1ccco1. The van der Waals surface area contributed by atoms with Gasteiger partial charge in [-0.05, 0) is 30.3 Å². The van der Waals surface area contributed by atoms with Crippen molar-refractivity contribution in [3.8, 4) is 0 Å². The van der Waals surface area contributed by atoms with E-state index in [2.05, 4.69) is 10.6 Å². The minimum atomic E-state index is -0.0630. The molecular formula is C11H16N2O2S. The molecule has 1 heterocycles. The van der Waals surface area contributed by atoms with Gasteiger partial charge in [0.1, 0.15) is 5.76 Å². The zero-order chi connectivity index (χ0) is 12.0. The second-order valence-corrected chi connectivity index (χ2v) is 4.32. The van der Waals surface area contributed by atoms with E-state index in [0.29, 0.717) is 24.0 Å². The van der Waals surface area contributed by atoms with Gasteiger partial charge in [0.25, 0.3) is 0 Å². The summed E-state index contributed by atoms with van der Waals surface area (Å²) in [5, 5.41) is 5.84. The molecule has 0 aliphatic rings. The predicted molar refractivity (Wildman–Crippen MR) is 65.7 cm³/mol. The van der Waals surface area contributed by atoms with Gasteiger partial charge < -0.3 is 15.1 Å². The van der Waals surface area contributed by atoms with Crippen molar-refractivity contribution in [2.24, 2.45) is 5.92 Å². The van der Waals surface area contributed by atoms with Crippen LogP contribution >= 0.6 is 12.2 Å². The first-order chi connectivity index (χ1) is 7.58. The molecule has 0 aromatic carbocycles. The van der Waals surface area contributed by atoms with Crippen LogP contribution in [0.15, 0.2) is 22.8 Å². The van der Waals surface area contributed by atoms with E-state index < -0.39 is 0 Å². The van der Waals surface area contributed by atoms with E-state index in [1.807, 2.05) is 19.9 Å². The molecule has 1 aromatic rings. The van der Waals surface area contributed by atoms with Crippen LogP contribution < -0.4 is 10.6 Å². The molecule has 4 nitrogen and oxygen atoms in total. The Hall–Kier alpha value is -1.36. The van der Waals surface area contributed by atoms with Gasteiger partial charge in [-0.3, -0.25) is 4.79 Å². The number of amides is 1. The van der Waals surface area contributed by atoms with Gasteiger partial charge in [0.05, 0.1) is 12.8 Å². The van der Waals surface area contributed by atoms with Crippen LogP contribution in [0.2, 0.25) is 0 Å². The Balaban J connectivity index is 2.23. The molecule has 0 aliphatic heterocycles. The van der Waals surface area contributed by atoms with Gasteiger partial charge in [-0.15, -0.1) is 0 Å². The van der Waals surface area contributed by atoms with E-state index in [1.165, 1.54) is 0 Å². The molecular weight excluding hydrogens is 224 g/mol. The van der Waals surface area contributed by atoms with E-state index >= 15 is 0 Å². The van der Waals surface area contributed by atoms with Crippen molar-refractivity contribution in [3.63, 3.8) is 0 Å². The van der Waals surface area contributed by atoms with E-state index in [1.54, 1.807) is 12.3 Å². The van der Waals surface area contributed by atoms with Crippen molar-refractivity contribution < 1.29 is 9.21 Å². The number of carbonyl (C=O) groups is 1. The lowest BCUT2D eigenvalue weighted by Gasteiger charge is -2.09. The third kappa shape index (κ3) is 4.93. The van der Waals surface area contributed by atoms with Crippen LogP contribution in [-0.4, -0.2) is 11.0 Å². The Labute approximate surface area is 100 Å². The first-order valence-electron chi connectivity index (χ1n) is 5.18. The number of hydrogen-bond acceptors (Lipinski definition) is 3. The van der Waals surface area contributed by atoms with Gasteiger partial charge in [-0.2, -0.15) is 0 Å². The number of thiocarbonyl (C=S) groups is 1. The molecule has 0 aliphatic carbocycles. The Morgan fingerprint density at radius 3 is 2.88 bits per heavy atom. The number of hydrogen-bond donors (Lipinski definition) is 2. The second kappa shape index (κ2) is 6.27. The lowest BCUT2D eigenvalue weighted by Crippen LogP contribution is -2.39. The molecule has 0 atom stereocenters. The summed E-state index contributed by atoms with van der Waals surface area (Å²) in [6.07, 6.45) is 2.07. The van der Waals surface area contributed by atoms with Crippen LogP contribution in [0.3, 0.4) is 0 Å². The number of carbonyl (C=O) groups excluding carboxylic acids is 1. The molecule has 0 spiro atoms. The third-order valence-corrected chi connectivity index (χ3v) is 2.10. The minimum absolute atomic E-state index is 0.0630. The standard InChI is InChI=1S/C11H16N2O2S/c1-8(2)6-10(14)13-11(16)12-7-9-4-3-5-15-9/h3-5,8H,6-7H2,1-2H3,(H2,12,13,14,16). The maximum Gasteiger partial charge on any atom is 0.226 e. The van der Waals surface area contributed by atoms with Crippen LogP contribution in [0.4, 0.5) is 0 Å². The molecule has 1 amide bonds. The van der Waals surface area contributed by atoms with E-state index in [4.69, 9.17) is 16.6 Å². The van der Waals surface area contributed by atoms with Gasteiger partial charge in [-0.25, -0.2) is 0 Å². The molecule has 0 unspecified atom stereocenters. The lowest BCUT2D eigenvalue weighted by atomic mass is 10.1. The van der Waals surface area contributed by atoms with E-state index in [-0.39, 0.29) is 5.91 Å². The summed E-state index contributed by atoms with van der Waals surface area (Å²) in [5.41, 5.74) is 0. The Morgan fingerprint density at radius 2 is 2.31 bits per heavy atom. The van der Waals surface area contributed by atoms with Crippen LogP contribution in [-0.2, 0) is 11.3 Å². The smallest absolute Gasteiger partial charge is 0.226 e. The summed E-state index contributed by atoms with van der Waals surface area (Å²) in [6, 6.07) is 3.64. The normalized spacial score (nSPS) is 10.2. The summed E-state index contributed by atoms with van der Waals surface area (Å²) in [7, 11) is 0. The zero-order valence-corrected chi connectivity index (χ0v) is 10.3. The fraction of sp³-hybridized carbons (Fsp3) is 0.455. The van der Waals surface area contributed by atoms with Gasteiger partial charge in [0.15, 0.2) is 5.11 Å². The van der Waals surface area contributed by atoms with E-state index in [0.717, 1.165) is 5.76 Å². The summed E-state index contributed by atoms with van der Waals surface area (Å²) in [4.78, 5) is 11.4. The lowest BCUT2D eigenvalue weighted by molar-refractivity contribution is -0.120. The summed E-state index contributed by atoms with van der Waals surface area (Å²) in [6.45, 7) is 4.45. The van der Waals surface area contributed by atoms with E-state index in [9.17, 15) is 4.79 Å². The van der Waals surface area contributed by atoms with Crippen molar-refractivity contribution in [1.82, 2.24) is 10.6 Å². The Morgan fingerprint density at radius 1 is 1.56 bits per heavy atom.